The second kappa shape index (κ2) is 8.65. The summed E-state index contributed by atoms with van der Waals surface area (Å²) in [5.74, 6) is 0.827. The van der Waals surface area contributed by atoms with E-state index in [0.717, 1.165) is 25.2 Å². The summed E-state index contributed by atoms with van der Waals surface area (Å²) in [6.45, 7) is 6.03. The zero-order chi connectivity index (χ0) is 14.9. The van der Waals surface area contributed by atoms with Crippen molar-refractivity contribution in [3.8, 4) is 5.75 Å². The van der Waals surface area contributed by atoms with Gasteiger partial charge in [0.2, 0.25) is 0 Å². The predicted molar refractivity (Wildman–Crippen MR) is 85.7 cm³/mol. The molecule has 3 heteroatoms. The van der Waals surface area contributed by atoms with Crippen LogP contribution in [0.5, 0.6) is 5.75 Å². The van der Waals surface area contributed by atoms with E-state index in [1.807, 2.05) is 31.2 Å². The standard InChI is InChI=1S/C18H24O3/c1-3-4-11-19-12-13-20-15(2)21-18-10-9-16-7-5-6-8-17(16)14-18/h5-10,14-15H,3-4,11-13H2,1-2H3. The number of ether oxygens (including phenoxy) is 3. The molecule has 0 aliphatic rings. The zero-order valence-electron chi connectivity index (χ0n) is 12.9. The molecule has 0 saturated heterocycles. The topological polar surface area (TPSA) is 27.7 Å². The molecular formula is C18H24O3. The number of benzene rings is 2. The molecular weight excluding hydrogens is 264 g/mol. The first-order valence-electron chi connectivity index (χ1n) is 7.64. The van der Waals surface area contributed by atoms with Crippen molar-refractivity contribution in [3.05, 3.63) is 42.5 Å². The summed E-state index contributed by atoms with van der Waals surface area (Å²) in [7, 11) is 0. The number of hydrogen-bond acceptors (Lipinski definition) is 3. The first-order valence-corrected chi connectivity index (χ1v) is 7.64. The molecule has 2 aromatic rings. The third-order valence-corrected chi connectivity index (χ3v) is 3.25. The molecule has 3 nitrogen and oxygen atoms in total. The van der Waals surface area contributed by atoms with Crippen molar-refractivity contribution in [2.75, 3.05) is 19.8 Å². The van der Waals surface area contributed by atoms with Crippen molar-refractivity contribution in [1.29, 1.82) is 0 Å². The van der Waals surface area contributed by atoms with Gasteiger partial charge in [0.15, 0.2) is 6.29 Å². The van der Waals surface area contributed by atoms with Crippen molar-refractivity contribution in [2.24, 2.45) is 0 Å². The van der Waals surface area contributed by atoms with Crippen LogP contribution < -0.4 is 4.74 Å². The third-order valence-electron chi connectivity index (χ3n) is 3.25. The van der Waals surface area contributed by atoms with E-state index in [-0.39, 0.29) is 6.29 Å². The molecule has 0 amide bonds. The van der Waals surface area contributed by atoms with Crippen LogP contribution in [0.4, 0.5) is 0 Å². The van der Waals surface area contributed by atoms with E-state index >= 15 is 0 Å². The smallest absolute Gasteiger partial charge is 0.197 e. The van der Waals surface area contributed by atoms with E-state index in [2.05, 4.69) is 25.1 Å². The van der Waals surface area contributed by atoms with E-state index in [4.69, 9.17) is 14.2 Å². The maximum atomic E-state index is 5.77. The molecule has 0 heterocycles. The zero-order valence-corrected chi connectivity index (χ0v) is 12.9. The second-order valence-corrected chi connectivity index (χ2v) is 5.03. The molecule has 0 aromatic heterocycles. The van der Waals surface area contributed by atoms with Crippen molar-refractivity contribution >= 4 is 10.8 Å². The Kier molecular flexibility index (Phi) is 6.51. The Morgan fingerprint density at radius 2 is 1.76 bits per heavy atom. The van der Waals surface area contributed by atoms with Crippen LogP contribution in [-0.4, -0.2) is 26.1 Å². The normalized spacial score (nSPS) is 12.5. The Labute approximate surface area is 126 Å². The highest BCUT2D eigenvalue weighted by Gasteiger charge is 2.04. The SMILES string of the molecule is CCCCOCCOC(C)Oc1ccc2ccccc2c1. The average Bonchev–Trinajstić information content (AvgIpc) is 2.50. The number of unbranched alkanes of at least 4 members (excludes halogenated alkanes) is 1. The minimum atomic E-state index is -0.277. The lowest BCUT2D eigenvalue weighted by Crippen LogP contribution is -2.19. The van der Waals surface area contributed by atoms with Gasteiger partial charge in [-0.3, -0.25) is 0 Å². The minimum Gasteiger partial charge on any atom is -0.465 e. The summed E-state index contributed by atoms with van der Waals surface area (Å²) in [5, 5.41) is 2.38. The van der Waals surface area contributed by atoms with Crippen LogP contribution >= 0.6 is 0 Å². The monoisotopic (exact) mass is 288 g/mol. The maximum absolute atomic E-state index is 5.77. The van der Waals surface area contributed by atoms with Crippen molar-refractivity contribution in [1.82, 2.24) is 0 Å². The Morgan fingerprint density at radius 1 is 0.952 bits per heavy atom. The Bertz CT molecular complexity index is 539. The van der Waals surface area contributed by atoms with E-state index in [9.17, 15) is 0 Å². The fourth-order valence-electron chi connectivity index (χ4n) is 2.09. The highest BCUT2D eigenvalue weighted by atomic mass is 16.7. The molecule has 2 rings (SSSR count). The van der Waals surface area contributed by atoms with Crippen molar-refractivity contribution in [3.63, 3.8) is 0 Å². The van der Waals surface area contributed by atoms with Crippen LogP contribution in [0, 0.1) is 0 Å². The van der Waals surface area contributed by atoms with Crippen molar-refractivity contribution < 1.29 is 14.2 Å². The molecule has 1 unspecified atom stereocenters. The first kappa shape index (κ1) is 15.8. The highest BCUT2D eigenvalue weighted by Crippen LogP contribution is 2.21. The molecule has 21 heavy (non-hydrogen) atoms. The molecule has 0 bridgehead atoms. The van der Waals surface area contributed by atoms with Crippen LogP contribution in [0.3, 0.4) is 0 Å². The van der Waals surface area contributed by atoms with Gasteiger partial charge in [-0.05, 0) is 36.2 Å². The van der Waals surface area contributed by atoms with Crippen LogP contribution in [0.25, 0.3) is 10.8 Å². The minimum absolute atomic E-state index is 0.277. The van der Waals surface area contributed by atoms with Crippen LogP contribution in [-0.2, 0) is 9.47 Å². The van der Waals surface area contributed by atoms with Gasteiger partial charge in [0, 0.05) is 6.61 Å². The molecule has 114 valence electrons. The summed E-state index contributed by atoms with van der Waals surface area (Å²) < 4.78 is 16.8. The molecule has 2 aromatic carbocycles. The van der Waals surface area contributed by atoms with Gasteiger partial charge in [-0.2, -0.15) is 0 Å². The van der Waals surface area contributed by atoms with Gasteiger partial charge in [-0.25, -0.2) is 0 Å². The molecule has 0 N–H and O–H groups in total. The molecule has 0 aliphatic heterocycles. The third kappa shape index (κ3) is 5.37. The predicted octanol–water partition coefficient (Wildman–Crippen LogP) is 4.40. The number of hydrogen-bond donors (Lipinski definition) is 0. The van der Waals surface area contributed by atoms with Crippen LogP contribution in [0.2, 0.25) is 0 Å². The number of rotatable bonds is 9. The Hall–Kier alpha value is -1.58. The fraction of sp³-hybridized carbons (Fsp3) is 0.444. The molecule has 0 fully saturated rings. The summed E-state index contributed by atoms with van der Waals surface area (Å²) in [5.41, 5.74) is 0. The summed E-state index contributed by atoms with van der Waals surface area (Å²) in [6, 6.07) is 14.3. The van der Waals surface area contributed by atoms with E-state index in [0.29, 0.717) is 13.2 Å². The summed E-state index contributed by atoms with van der Waals surface area (Å²) in [6.07, 6.45) is 1.98. The van der Waals surface area contributed by atoms with Gasteiger partial charge in [0.25, 0.3) is 0 Å². The Balaban J connectivity index is 1.74. The second-order valence-electron chi connectivity index (χ2n) is 5.03. The molecule has 0 spiro atoms. The van der Waals surface area contributed by atoms with Crippen LogP contribution in [0.15, 0.2) is 42.5 Å². The van der Waals surface area contributed by atoms with Gasteiger partial charge < -0.3 is 14.2 Å². The van der Waals surface area contributed by atoms with Crippen LogP contribution in [0.1, 0.15) is 26.7 Å². The lowest BCUT2D eigenvalue weighted by molar-refractivity contribution is -0.0834. The van der Waals surface area contributed by atoms with Gasteiger partial charge in [-0.1, -0.05) is 43.7 Å². The molecule has 1 atom stereocenters. The largest absolute Gasteiger partial charge is 0.465 e. The molecule has 0 saturated carbocycles. The molecule has 0 radical (unpaired) electrons. The van der Waals surface area contributed by atoms with Gasteiger partial charge in [-0.15, -0.1) is 0 Å². The average molecular weight is 288 g/mol. The quantitative estimate of drug-likeness (QED) is 0.505. The van der Waals surface area contributed by atoms with E-state index in [1.165, 1.54) is 10.8 Å². The van der Waals surface area contributed by atoms with E-state index in [1.54, 1.807) is 0 Å². The number of fused-ring (bicyclic) bond motifs is 1. The summed E-state index contributed by atoms with van der Waals surface area (Å²) >= 11 is 0. The van der Waals surface area contributed by atoms with Gasteiger partial charge in [0.05, 0.1) is 13.2 Å². The van der Waals surface area contributed by atoms with Gasteiger partial charge >= 0.3 is 0 Å². The summed E-state index contributed by atoms with van der Waals surface area (Å²) in [4.78, 5) is 0. The van der Waals surface area contributed by atoms with Crippen molar-refractivity contribution in [2.45, 2.75) is 33.0 Å². The fourth-order valence-corrected chi connectivity index (χ4v) is 2.09. The highest BCUT2D eigenvalue weighted by molar-refractivity contribution is 5.83. The molecule has 0 aliphatic carbocycles. The first-order chi connectivity index (χ1) is 10.3. The lowest BCUT2D eigenvalue weighted by atomic mass is 10.1. The van der Waals surface area contributed by atoms with Gasteiger partial charge in [0.1, 0.15) is 5.75 Å². The van der Waals surface area contributed by atoms with E-state index < -0.39 is 0 Å². The maximum Gasteiger partial charge on any atom is 0.197 e. The lowest BCUT2D eigenvalue weighted by Gasteiger charge is -2.16. The Morgan fingerprint density at radius 3 is 2.57 bits per heavy atom.